The lowest BCUT2D eigenvalue weighted by Crippen LogP contribution is -2.54. The van der Waals surface area contributed by atoms with Crippen molar-refractivity contribution in [1.29, 1.82) is 0 Å². The van der Waals surface area contributed by atoms with Gasteiger partial charge >= 0.3 is 0 Å². The van der Waals surface area contributed by atoms with Crippen LogP contribution >= 0.6 is 0 Å². The van der Waals surface area contributed by atoms with Gasteiger partial charge in [0, 0.05) is 13.1 Å². The summed E-state index contributed by atoms with van der Waals surface area (Å²) in [4.78, 5) is 40.0. The Hall–Kier alpha value is -3.23. The van der Waals surface area contributed by atoms with Crippen LogP contribution in [-0.4, -0.2) is 74.4 Å². The quantitative estimate of drug-likeness (QED) is 0.212. The molecule has 2 amide bonds. The van der Waals surface area contributed by atoms with Crippen LogP contribution in [0.2, 0.25) is 0 Å². The first-order chi connectivity index (χ1) is 19.1. The first kappa shape index (κ1) is 30.3. The van der Waals surface area contributed by atoms with Gasteiger partial charge in [0.15, 0.2) is 0 Å². The summed E-state index contributed by atoms with van der Waals surface area (Å²) in [5, 5.41) is 9.40. The summed E-state index contributed by atoms with van der Waals surface area (Å²) in [5.74, 6) is 0.556. The van der Waals surface area contributed by atoms with E-state index in [1.165, 1.54) is 5.56 Å². The van der Waals surface area contributed by atoms with Gasteiger partial charge in [0.25, 0.3) is 0 Å². The molecule has 0 spiro atoms. The van der Waals surface area contributed by atoms with Gasteiger partial charge in [-0.05, 0) is 69.3 Å². The second-order valence-electron chi connectivity index (χ2n) is 10.1. The first-order valence-corrected chi connectivity index (χ1v) is 14.3. The summed E-state index contributed by atoms with van der Waals surface area (Å²) in [5.41, 5.74) is 2.16. The molecule has 2 aromatic rings. The predicted octanol–water partition coefficient (Wildman–Crippen LogP) is 2.89. The van der Waals surface area contributed by atoms with Crippen molar-refractivity contribution in [3.63, 3.8) is 0 Å². The lowest BCUT2D eigenvalue weighted by molar-refractivity contribution is -0.140. The number of benzene rings is 2. The minimum Gasteiger partial charge on any atom is -0.492 e. The number of rotatable bonds is 17. The van der Waals surface area contributed by atoms with Crippen LogP contribution in [0.3, 0.4) is 0 Å². The number of nitrogens with one attached hydrogen (secondary N) is 3. The fourth-order valence-corrected chi connectivity index (χ4v) is 5.09. The number of aryl methyl sites for hydroxylation is 1. The highest BCUT2D eigenvalue weighted by Crippen LogP contribution is 2.21. The van der Waals surface area contributed by atoms with Gasteiger partial charge in [0.05, 0.1) is 12.1 Å². The Morgan fingerprint density at radius 2 is 1.87 bits per heavy atom. The summed E-state index contributed by atoms with van der Waals surface area (Å²) in [7, 11) is 1.95. The van der Waals surface area contributed by atoms with Gasteiger partial charge in [-0.1, -0.05) is 61.9 Å². The zero-order chi connectivity index (χ0) is 27.9. The average molecular weight is 537 g/mol. The standard InChI is InChI=1S/C31H44N4O4/c1-3-11-27(33-19-21-39-29-17-8-7-14-25(29)15-9-18-32-2)31(38)35-20-10-16-28(35)30(37)34-26(23-36)22-24-12-5-4-6-13-24/h4-8,12-14,17,23,26-28,32-33H,3,9-11,15-16,18-22H2,1-2H3,(H,34,37)/t26-,27+,28?/m1/s1. The molecule has 3 atom stereocenters. The highest BCUT2D eigenvalue weighted by molar-refractivity contribution is 5.91. The maximum atomic E-state index is 13.5. The Morgan fingerprint density at radius 3 is 2.62 bits per heavy atom. The molecule has 1 saturated heterocycles. The molecule has 1 fully saturated rings. The van der Waals surface area contributed by atoms with Crippen LogP contribution in [0.25, 0.3) is 0 Å². The van der Waals surface area contributed by atoms with Crippen LogP contribution in [0.1, 0.15) is 50.2 Å². The monoisotopic (exact) mass is 536 g/mol. The number of hydrogen-bond acceptors (Lipinski definition) is 6. The number of ether oxygens (including phenoxy) is 1. The summed E-state index contributed by atoms with van der Waals surface area (Å²) < 4.78 is 6.06. The molecule has 8 nitrogen and oxygen atoms in total. The number of nitrogens with zero attached hydrogens (tertiary/aromatic N) is 1. The van der Waals surface area contributed by atoms with Gasteiger partial charge in [-0.25, -0.2) is 0 Å². The van der Waals surface area contributed by atoms with E-state index in [0.29, 0.717) is 39.0 Å². The van der Waals surface area contributed by atoms with Crippen molar-refractivity contribution in [3.8, 4) is 5.75 Å². The first-order valence-electron chi connectivity index (χ1n) is 14.3. The number of carbonyl (C=O) groups excluding carboxylic acids is 3. The van der Waals surface area contributed by atoms with Crippen molar-refractivity contribution in [3.05, 3.63) is 65.7 Å². The van der Waals surface area contributed by atoms with Gasteiger partial charge in [0.1, 0.15) is 24.7 Å². The molecule has 3 rings (SSSR count). The molecule has 1 aliphatic heterocycles. The third kappa shape index (κ3) is 9.48. The van der Waals surface area contributed by atoms with Gasteiger partial charge in [0.2, 0.25) is 11.8 Å². The Kier molecular flexibility index (Phi) is 13.0. The zero-order valence-electron chi connectivity index (χ0n) is 23.4. The molecule has 0 aliphatic carbocycles. The fourth-order valence-electron chi connectivity index (χ4n) is 5.09. The molecular weight excluding hydrogens is 492 g/mol. The largest absolute Gasteiger partial charge is 0.492 e. The van der Waals surface area contributed by atoms with Crippen molar-refractivity contribution in [1.82, 2.24) is 20.9 Å². The summed E-state index contributed by atoms with van der Waals surface area (Å²) in [6.45, 7) is 4.51. The Balaban J connectivity index is 1.53. The molecule has 0 aromatic heterocycles. The molecule has 1 heterocycles. The maximum Gasteiger partial charge on any atom is 0.243 e. The summed E-state index contributed by atoms with van der Waals surface area (Å²) in [6, 6.07) is 16.1. The van der Waals surface area contributed by atoms with Gasteiger partial charge in [-0.3, -0.25) is 9.59 Å². The van der Waals surface area contributed by atoms with E-state index in [1.807, 2.05) is 62.5 Å². The molecule has 1 unspecified atom stereocenters. The van der Waals surface area contributed by atoms with Crippen molar-refractivity contribution in [2.24, 2.45) is 0 Å². The van der Waals surface area contributed by atoms with Crippen molar-refractivity contribution < 1.29 is 19.1 Å². The average Bonchev–Trinajstić information content (AvgIpc) is 3.45. The smallest absolute Gasteiger partial charge is 0.243 e. The van der Waals surface area contributed by atoms with E-state index in [9.17, 15) is 14.4 Å². The normalized spacial score (nSPS) is 16.5. The third-order valence-electron chi connectivity index (χ3n) is 7.10. The molecule has 1 aliphatic rings. The SMILES string of the molecule is CCC[C@H](NCCOc1ccccc1CCCNC)C(=O)N1CCCC1C(=O)N[C@@H](C=O)Cc1ccccc1. The number of carbonyl (C=O) groups is 3. The van der Waals surface area contributed by atoms with E-state index >= 15 is 0 Å². The molecule has 0 radical (unpaired) electrons. The Morgan fingerprint density at radius 1 is 1.10 bits per heavy atom. The Labute approximate surface area is 232 Å². The second-order valence-corrected chi connectivity index (χ2v) is 10.1. The second kappa shape index (κ2) is 16.7. The molecule has 39 heavy (non-hydrogen) atoms. The highest BCUT2D eigenvalue weighted by atomic mass is 16.5. The van der Waals surface area contributed by atoms with Crippen molar-refractivity contribution >= 4 is 18.1 Å². The van der Waals surface area contributed by atoms with Gasteiger partial charge < -0.3 is 30.4 Å². The van der Waals surface area contributed by atoms with Crippen LogP contribution in [0, 0.1) is 0 Å². The van der Waals surface area contributed by atoms with Crippen LogP contribution in [0.5, 0.6) is 5.75 Å². The fraction of sp³-hybridized carbons (Fsp3) is 0.516. The lowest BCUT2D eigenvalue weighted by atomic mass is 10.1. The Bertz CT molecular complexity index is 1030. The van der Waals surface area contributed by atoms with Crippen LogP contribution in [0.15, 0.2) is 54.6 Å². The minimum absolute atomic E-state index is 0.0623. The number of amides is 2. The number of likely N-dealkylation sites (tertiary alicyclic amines) is 1. The molecule has 0 bridgehead atoms. The van der Waals surface area contributed by atoms with Gasteiger partial charge in [-0.15, -0.1) is 0 Å². The predicted molar refractivity (Wildman–Crippen MR) is 154 cm³/mol. The molecule has 212 valence electrons. The molecular formula is C31H44N4O4. The summed E-state index contributed by atoms with van der Waals surface area (Å²) in [6.07, 6.45) is 6.05. The van der Waals surface area contributed by atoms with E-state index in [0.717, 1.165) is 49.8 Å². The minimum atomic E-state index is -0.625. The summed E-state index contributed by atoms with van der Waals surface area (Å²) >= 11 is 0. The van der Waals surface area contributed by atoms with E-state index in [-0.39, 0.29) is 17.9 Å². The molecule has 0 saturated carbocycles. The molecule has 3 N–H and O–H groups in total. The van der Waals surface area contributed by atoms with Crippen LogP contribution in [-0.2, 0) is 27.2 Å². The van der Waals surface area contributed by atoms with Gasteiger partial charge in [-0.2, -0.15) is 0 Å². The van der Waals surface area contributed by atoms with Crippen LogP contribution < -0.4 is 20.7 Å². The van der Waals surface area contributed by atoms with E-state index < -0.39 is 12.1 Å². The number of hydrogen-bond donors (Lipinski definition) is 3. The zero-order valence-corrected chi connectivity index (χ0v) is 23.4. The topological polar surface area (TPSA) is 99.8 Å². The molecule has 8 heteroatoms. The third-order valence-corrected chi connectivity index (χ3v) is 7.10. The van der Waals surface area contributed by atoms with Crippen LogP contribution in [0.4, 0.5) is 0 Å². The highest BCUT2D eigenvalue weighted by Gasteiger charge is 2.37. The lowest BCUT2D eigenvalue weighted by Gasteiger charge is -2.29. The van der Waals surface area contributed by atoms with E-state index in [1.54, 1.807) is 4.90 Å². The van der Waals surface area contributed by atoms with E-state index in [2.05, 4.69) is 22.0 Å². The van der Waals surface area contributed by atoms with E-state index in [4.69, 9.17) is 4.74 Å². The maximum absolute atomic E-state index is 13.5. The van der Waals surface area contributed by atoms with Crippen molar-refractivity contribution in [2.75, 3.05) is 33.3 Å². The number of aldehydes is 1. The molecule has 2 aromatic carbocycles. The number of para-hydroxylation sites is 1. The van der Waals surface area contributed by atoms with Crippen molar-refractivity contribution in [2.45, 2.75) is 70.0 Å².